The van der Waals surface area contributed by atoms with E-state index in [0.29, 0.717) is 30.5 Å². The normalized spacial score (nSPS) is 16.9. The molecule has 1 aromatic heterocycles. The van der Waals surface area contributed by atoms with Crippen LogP contribution >= 0.6 is 0 Å². The highest BCUT2D eigenvalue weighted by Gasteiger charge is 2.39. The number of sulfonamides is 1. The van der Waals surface area contributed by atoms with Crippen molar-refractivity contribution in [3.63, 3.8) is 0 Å². The smallest absolute Gasteiger partial charge is 0.265 e. The summed E-state index contributed by atoms with van der Waals surface area (Å²) in [6.07, 6.45) is 3.30. The molecule has 120 valence electrons. The Labute approximate surface area is 134 Å². The van der Waals surface area contributed by atoms with Crippen LogP contribution in [-0.4, -0.2) is 32.7 Å². The fourth-order valence-electron chi connectivity index (χ4n) is 2.60. The second-order valence-electron chi connectivity index (χ2n) is 5.53. The number of fused-ring (bicyclic) bond motifs is 1. The number of rotatable bonds is 4. The van der Waals surface area contributed by atoms with Crippen molar-refractivity contribution in [2.75, 3.05) is 17.5 Å². The highest BCUT2D eigenvalue weighted by molar-refractivity contribution is 7.92. The third-order valence-corrected chi connectivity index (χ3v) is 5.68. The molecule has 0 atom stereocenters. The monoisotopic (exact) mass is 332 g/mol. The summed E-state index contributed by atoms with van der Waals surface area (Å²) in [6, 6.07) is 9.98. The van der Waals surface area contributed by atoms with Crippen molar-refractivity contribution < 1.29 is 17.9 Å². The molecule has 7 heteroatoms. The molecule has 1 aliphatic heterocycles. The summed E-state index contributed by atoms with van der Waals surface area (Å²) >= 11 is 0. The fourth-order valence-corrected chi connectivity index (χ4v) is 4.28. The van der Waals surface area contributed by atoms with Gasteiger partial charge in [-0.25, -0.2) is 17.7 Å². The van der Waals surface area contributed by atoms with E-state index < -0.39 is 10.0 Å². The molecule has 0 spiro atoms. The van der Waals surface area contributed by atoms with Crippen molar-refractivity contribution in [1.82, 2.24) is 4.98 Å². The van der Waals surface area contributed by atoms with E-state index in [4.69, 9.17) is 9.47 Å². The van der Waals surface area contributed by atoms with E-state index in [9.17, 15) is 8.42 Å². The van der Waals surface area contributed by atoms with Gasteiger partial charge in [-0.1, -0.05) is 6.07 Å². The summed E-state index contributed by atoms with van der Waals surface area (Å²) in [4.78, 5) is 4.40. The van der Waals surface area contributed by atoms with Crippen LogP contribution in [0.15, 0.2) is 47.5 Å². The zero-order valence-corrected chi connectivity index (χ0v) is 13.2. The lowest BCUT2D eigenvalue weighted by molar-refractivity contribution is 0.171. The van der Waals surface area contributed by atoms with Gasteiger partial charge in [0.25, 0.3) is 10.0 Å². The topological polar surface area (TPSA) is 68.7 Å². The maximum absolute atomic E-state index is 13.1. The zero-order valence-electron chi connectivity index (χ0n) is 12.4. The minimum absolute atomic E-state index is 0.0249. The van der Waals surface area contributed by atoms with Crippen LogP contribution in [0.3, 0.4) is 0 Å². The number of aromatic nitrogens is 1. The molecule has 23 heavy (non-hydrogen) atoms. The van der Waals surface area contributed by atoms with Crippen LogP contribution < -0.4 is 13.8 Å². The van der Waals surface area contributed by atoms with Gasteiger partial charge in [-0.2, -0.15) is 0 Å². The Bertz CT molecular complexity index is 819. The molecule has 0 saturated heterocycles. The molecule has 1 fully saturated rings. The summed E-state index contributed by atoms with van der Waals surface area (Å²) in [5, 5.41) is 0. The van der Waals surface area contributed by atoms with Gasteiger partial charge >= 0.3 is 0 Å². The Morgan fingerprint density at radius 2 is 1.83 bits per heavy atom. The van der Waals surface area contributed by atoms with Gasteiger partial charge in [0.05, 0.1) is 4.90 Å². The Kier molecular flexibility index (Phi) is 3.37. The molecule has 6 nitrogen and oxygen atoms in total. The number of hydrogen-bond acceptors (Lipinski definition) is 5. The molecule has 0 amide bonds. The maximum atomic E-state index is 13.1. The zero-order chi connectivity index (χ0) is 15.9. The second-order valence-corrected chi connectivity index (χ2v) is 7.34. The van der Waals surface area contributed by atoms with Gasteiger partial charge in [0.2, 0.25) is 0 Å². The number of benzene rings is 1. The van der Waals surface area contributed by atoms with E-state index in [-0.39, 0.29) is 10.9 Å². The van der Waals surface area contributed by atoms with Gasteiger partial charge in [-0.3, -0.25) is 0 Å². The largest absolute Gasteiger partial charge is 0.486 e. The lowest BCUT2D eigenvalue weighted by atomic mass is 10.3. The lowest BCUT2D eigenvalue weighted by Crippen LogP contribution is -2.33. The first-order chi connectivity index (χ1) is 11.2. The van der Waals surface area contributed by atoms with Crippen molar-refractivity contribution in [1.29, 1.82) is 0 Å². The van der Waals surface area contributed by atoms with Crippen molar-refractivity contribution >= 4 is 15.8 Å². The van der Waals surface area contributed by atoms with Gasteiger partial charge in [0, 0.05) is 18.3 Å². The molecular formula is C16H16N2O4S. The van der Waals surface area contributed by atoms with Crippen molar-refractivity contribution in [3.05, 3.63) is 42.6 Å². The summed E-state index contributed by atoms with van der Waals surface area (Å²) in [7, 11) is -3.69. The highest BCUT2D eigenvalue weighted by atomic mass is 32.2. The standard InChI is InChI=1S/C16H16N2O4S/c19-23(20,13-6-7-14-15(11-13)22-10-9-21-14)18(12-4-5-12)16-3-1-2-8-17-16/h1-3,6-8,11-12H,4-5,9-10H2. The second kappa shape index (κ2) is 5.42. The predicted molar refractivity (Wildman–Crippen MR) is 84.4 cm³/mol. The first-order valence-corrected chi connectivity index (χ1v) is 8.95. The average molecular weight is 332 g/mol. The molecule has 0 N–H and O–H groups in total. The van der Waals surface area contributed by atoms with Gasteiger partial charge in [-0.15, -0.1) is 0 Å². The van der Waals surface area contributed by atoms with Gasteiger partial charge in [0.15, 0.2) is 11.5 Å². The van der Waals surface area contributed by atoms with Crippen molar-refractivity contribution in [2.45, 2.75) is 23.8 Å². The van der Waals surface area contributed by atoms with Crippen LogP contribution in [0.2, 0.25) is 0 Å². The molecule has 2 heterocycles. The van der Waals surface area contributed by atoms with Gasteiger partial charge in [-0.05, 0) is 37.1 Å². The lowest BCUT2D eigenvalue weighted by Gasteiger charge is -2.24. The third kappa shape index (κ3) is 2.61. The Morgan fingerprint density at radius 3 is 2.52 bits per heavy atom. The predicted octanol–water partition coefficient (Wildman–Crippen LogP) is 2.21. The van der Waals surface area contributed by atoms with E-state index in [1.807, 2.05) is 0 Å². The molecule has 1 aliphatic carbocycles. The quantitative estimate of drug-likeness (QED) is 0.858. The minimum atomic E-state index is -3.69. The third-order valence-electron chi connectivity index (χ3n) is 3.82. The van der Waals surface area contributed by atoms with E-state index in [0.717, 1.165) is 12.8 Å². The first-order valence-electron chi connectivity index (χ1n) is 7.51. The number of pyridine rings is 1. The molecule has 4 rings (SSSR count). The van der Waals surface area contributed by atoms with Crippen molar-refractivity contribution in [2.24, 2.45) is 0 Å². The Balaban J connectivity index is 1.76. The van der Waals surface area contributed by atoms with Crippen LogP contribution in [0.5, 0.6) is 11.5 Å². The number of nitrogens with zero attached hydrogens (tertiary/aromatic N) is 2. The molecule has 2 aromatic rings. The molecule has 1 saturated carbocycles. The number of hydrogen-bond donors (Lipinski definition) is 0. The van der Waals surface area contributed by atoms with Crippen LogP contribution in [0, 0.1) is 0 Å². The molecule has 0 unspecified atom stereocenters. The van der Waals surface area contributed by atoms with Crippen molar-refractivity contribution in [3.8, 4) is 11.5 Å². The number of ether oxygens (including phenoxy) is 2. The molecule has 1 aromatic carbocycles. The summed E-state index contributed by atoms with van der Waals surface area (Å²) in [5.74, 6) is 1.49. The van der Waals surface area contributed by atoms with E-state index in [1.165, 1.54) is 10.4 Å². The molecule has 0 bridgehead atoms. The van der Waals surface area contributed by atoms with Gasteiger partial charge in [0.1, 0.15) is 19.0 Å². The minimum Gasteiger partial charge on any atom is -0.486 e. The Morgan fingerprint density at radius 1 is 1.04 bits per heavy atom. The summed E-state index contributed by atoms with van der Waals surface area (Å²) in [6.45, 7) is 0.893. The summed E-state index contributed by atoms with van der Waals surface area (Å²) in [5.41, 5.74) is 0. The molecular weight excluding hydrogens is 316 g/mol. The van der Waals surface area contributed by atoms with Crippen LogP contribution in [0.1, 0.15) is 12.8 Å². The highest BCUT2D eigenvalue weighted by Crippen LogP contribution is 2.38. The average Bonchev–Trinajstić information content (AvgIpc) is 3.40. The summed E-state index contributed by atoms with van der Waals surface area (Å²) < 4.78 is 38.5. The maximum Gasteiger partial charge on any atom is 0.265 e. The first kappa shape index (κ1) is 14.3. The molecule has 0 radical (unpaired) electrons. The van der Waals surface area contributed by atoms with Crippen LogP contribution in [0.4, 0.5) is 5.82 Å². The Hall–Kier alpha value is -2.28. The number of anilines is 1. The van der Waals surface area contributed by atoms with Crippen LogP contribution in [-0.2, 0) is 10.0 Å². The van der Waals surface area contributed by atoms with E-state index in [2.05, 4.69) is 4.98 Å². The van der Waals surface area contributed by atoms with E-state index in [1.54, 1.807) is 36.5 Å². The fraction of sp³-hybridized carbons (Fsp3) is 0.312. The van der Waals surface area contributed by atoms with Gasteiger partial charge < -0.3 is 9.47 Å². The SMILES string of the molecule is O=S(=O)(c1ccc2c(c1)OCCO2)N(c1ccccn1)C1CC1. The molecule has 2 aliphatic rings. The van der Waals surface area contributed by atoms with Crippen LogP contribution in [0.25, 0.3) is 0 Å². The van der Waals surface area contributed by atoms with E-state index >= 15 is 0 Å².